The third kappa shape index (κ3) is 3.20. The molecule has 2 nitrogen and oxygen atoms in total. The van der Waals surface area contributed by atoms with Gasteiger partial charge in [0.05, 0.1) is 0 Å². The maximum absolute atomic E-state index is 12.7. The number of alkyl halides is 1. The largest absolute Gasteiger partial charge is 0.478 e. The van der Waals surface area contributed by atoms with Crippen molar-refractivity contribution in [2.75, 3.05) is 0 Å². The molecule has 0 aromatic heterocycles. The molecule has 0 aliphatic heterocycles. The Kier molecular flexibility index (Phi) is 4.22. The SMILES string of the molecule is O=C(O)C(F)SCc1ccccc1Cl. The summed E-state index contributed by atoms with van der Waals surface area (Å²) in [5.41, 5.74) is -1.16. The molecule has 0 saturated heterocycles. The highest BCUT2D eigenvalue weighted by Crippen LogP contribution is 2.24. The van der Waals surface area contributed by atoms with Gasteiger partial charge >= 0.3 is 5.97 Å². The van der Waals surface area contributed by atoms with Crippen molar-refractivity contribution in [3.8, 4) is 0 Å². The van der Waals surface area contributed by atoms with Crippen molar-refractivity contribution in [2.24, 2.45) is 0 Å². The molecule has 0 aliphatic rings. The number of halogens is 2. The predicted molar refractivity (Wildman–Crippen MR) is 55.3 cm³/mol. The molecule has 0 bridgehead atoms. The number of thioether (sulfide) groups is 1. The summed E-state index contributed by atoms with van der Waals surface area (Å²) >= 11 is 6.51. The first-order valence-electron chi connectivity index (χ1n) is 3.83. The molecule has 5 heteroatoms. The van der Waals surface area contributed by atoms with E-state index < -0.39 is 11.5 Å². The van der Waals surface area contributed by atoms with E-state index in [0.717, 1.165) is 5.56 Å². The van der Waals surface area contributed by atoms with Crippen LogP contribution in [-0.2, 0) is 10.5 Å². The summed E-state index contributed by atoms with van der Waals surface area (Å²) in [5, 5.41) is 8.83. The first-order chi connectivity index (χ1) is 6.61. The third-order valence-electron chi connectivity index (χ3n) is 1.54. The van der Waals surface area contributed by atoms with Gasteiger partial charge in [0, 0.05) is 10.8 Å². The van der Waals surface area contributed by atoms with E-state index in [1.807, 2.05) is 0 Å². The van der Waals surface area contributed by atoms with Crippen LogP contribution < -0.4 is 0 Å². The molecule has 1 N–H and O–H groups in total. The fraction of sp³-hybridized carbons (Fsp3) is 0.222. The smallest absolute Gasteiger partial charge is 0.348 e. The molecule has 1 unspecified atom stereocenters. The van der Waals surface area contributed by atoms with Gasteiger partial charge in [0.25, 0.3) is 0 Å². The molecule has 14 heavy (non-hydrogen) atoms. The quantitative estimate of drug-likeness (QED) is 0.870. The van der Waals surface area contributed by atoms with E-state index >= 15 is 0 Å². The van der Waals surface area contributed by atoms with Crippen molar-refractivity contribution < 1.29 is 14.3 Å². The Morgan fingerprint density at radius 3 is 2.79 bits per heavy atom. The first kappa shape index (κ1) is 11.3. The van der Waals surface area contributed by atoms with Crippen LogP contribution in [0.15, 0.2) is 24.3 Å². The van der Waals surface area contributed by atoms with E-state index in [1.165, 1.54) is 0 Å². The molecule has 0 aliphatic carbocycles. The van der Waals surface area contributed by atoms with Gasteiger partial charge in [-0.05, 0) is 11.6 Å². The van der Waals surface area contributed by atoms with Gasteiger partial charge in [0.1, 0.15) is 0 Å². The molecular formula is C9H8ClFO2S. The lowest BCUT2D eigenvalue weighted by atomic mass is 10.2. The number of carbonyl (C=O) groups is 1. The van der Waals surface area contributed by atoms with Gasteiger partial charge in [-0.1, -0.05) is 29.8 Å². The normalized spacial score (nSPS) is 12.4. The highest BCUT2D eigenvalue weighted by atomic mass is 35.5. The molecular weight excluding hydrogens is 227 g/mol. The Morgan fingerprint density at radius 1 is 1.57 bits per heavy atom. The van der Waals surface area contributed by atoms with E-state index in [0.29, 0.717) is 16.8 Å². The van der Waals surface area contributed by atoms with E-state index in [4.69, 9.17) is 16.7 Å². The van der Waals surface area contributed by atoms with Gasteiger partial charge in [-0.25, -0.2) is 9.18 Å². The summed E-state index contributed by atoms with van der Waals surface area (Å²) in [7, 11) is 0. The second-order valence-corrected chi connectivity index (χ2v) is 4.00. The second-order valence-electron chi connectivity index (χ2n) is 2.56. The van der Waals surface area contributed by atoms with Crippen LogP contribution in [0.5, 0.6) is 0 Å². The van der Waals surface area contributed by atoms with Crippen LogP contribution in [0.4, 0.5) is 4.39 Å². The van der Waals surface area contributed by atoms with E-state index in [-0.39, 0.29) is 5.75 Å². The van der Waals surface area contributed by atoms with Crippen molar-refractivity contribution in [1.29, 1.82) is 0 Å². The molecule has 0 saturated carbocycles. The lowest BCUT2D eigenvalue weighted by Gasteiger charge is -2.04. The maximum Gasteiger partial charge on any atom is 0.348 e. The van der Waals surface area contributed by atoms with Crippen molar-refractivity contribution in [3.63, 3.8) is 0 Å². The minimum Gasteiger partial charge on any atom is -0.478 e. The average Bonchev–Trinajstić information content (AvgIpc) is 2.16. The predicted octanol–water partition coefficient (Wildman–Crippen LogP) is 2.95. The van der Waals surface area contributed by atoms with Gasteiger partial charge in [-0.2, -0.15) is 0 Å². The number of aliphatic carboxylic acids is 1. The molecule has 1 aromatic carbocycles. The Balaban J connectivity index is 2.54. The summed E-state index contributed by atoms with van der Waals surface area (Å²) in [4.78, 5) is 10.2. The second kappa shape index (κ2) is 5.22. The lowest BCUT2D eigenvalue weighted by Crippen LogP contribution is -2.09. The van der Waals surface area contributed by atoms with Crippen LogP contribution in [0.2, 0.25) is 5.02 Å². The lowest BCUT2D eigenvalue weighted by molar-refractivity contribution is -0.139. The molecule has 1 rings (SSSR count). The van der Waals surface area contributed by atoms with Crippen LogP contribution in [0.1, 0.15) is 5.56 Å². The fourth-order valence-electron chi connectivity index (χ4n) is 0.850. The molecule has 1 atom stereocenters. The van der Waals surface area contributed by atoms with Crippen LogP contribution >= 0.6 is 23.4 Å². The zero-order valence-corrected chi connectivity index (χ0v) is 8.69. The molecule has 0 amide bonds. The van der Waals surface area contributed by atoms with Crippen molar-refractivity contribution in [3.05, 3.63) is 34.9 Å². The number of rotatable bonds is 4. The summed E-state index contributed by atoms with van der Waals surface area (Å²) < 4.78 is 12.7. The third-order valence-corrected chi connectivity index (χ3v) is 2.88. The van der Waals surface area contributed by atoms with E-state index in [1.54, 1.807) is 24.3 Å². The summed E-state index contributed by atoms with van der Waals surface area (Å²) in [6.07, 6.45) is 0. The van der Waals surface area contributed by atoms with Gasteiger partial charge in [-0.15, -0.1) is 11.8 Å². The fourth-order valence-corrected chi connectivity index (χ4v) is 1.85. The van der Waals surface area contributed by atoms with Crippen LogP contribution in [0.3, 0.4) is 0 Å². The van der Waals surface area contributed by atoms with Crippen molar-refractivity contribution in [1.82, 2.24) is 0 Å². The molecule has 1 aromatic rings. The van der Waals surface area contributed by atoms with Gasteiger partial charge in [-0.3, -0.25) is 0 Å². The minimum absolute atomic E-state index is 0.257. The Morgan fingerprint density at radius 2 is 2.21 bits per heavy atom. The first-order valence-corrected chi connectivity index (χ1v) is 5.26. The Hall–Kier alpha value is -0.740. The van der Waals surface area contributed by atoms with Crippen LogP contribution in [0, 0.1) is 0 Å². The molecule has 0 spiro atoms. The molecule has 0 radical (unpaired) electrons. The standard InChI is InChI=1S/C9H8ClFO2S/c10-7-4-2-1-3-6(7)5-14-8(11)9(12)13/h1-4,8H,5H2,(H,12,13). The Bertz CT molecular complexity index is 332. The number of carboxylic acid groups (broad SMARTS) is 1. The number of benzene rings is 1. The van der Waals surface area contributed by atoms with E-state index in [9.17, 15) is 9.18 Å². The van der Waals surface area contributed by atoms with Gasteiger partial charge < -0.3 is 5.11 Å². The molecule has 0 heterocycles. The minimum atomic E-state index is -1.90. The monoisotopic (exact) mass is 234 g/mol. The molecule has 0 fully saturated rings. The van der Waals surface area contributed by atoms with Crippen molar-refractivity contribution >= 4 is 29.3 Å². The molecule has 76 valence electrons. The number of hydrogen-bond acceptors (Lipinski definition) is 2. The van der Waals surface area contributed by atoms with Crippen molar-refractivity contribution in [2.45, 2.75) is 11.3 Å². The van der Waals surface area contributed by atoms with E-state index in [2.05, 4.69) is 0 Å². The van der Waals surface area contributed by atoms with Crippen LogP contribution in [0.25, 0.3) is 0 Å². The number of hydrogen-bond donors (Lipinski definition) is 1. The zero-order valence-electron chi connectivity index (χ0n) is 7.11. The van der Waals surface area contributed by atoms with Crippen LogP contribution in [-0.4, -0.2) is 16.6 Å². The highest BCUT2D eigenvalue weighted by molar-refractivity contribution is 7.99. The Labute approximate surface area is 90.1 Å². The van der Waals surface area contributed by atoms with Gasteiger partial charge in [0.15, 0.2) is 0 Å². The summed E-state index contributed by atoms with van der Waals surface area (Å²) in [6, 6.07) is 6.96. The van der Waals surface area contributed by atoms with Gasteiger partial charge in [0.2, 0.25) is 5.50 Å². The topological polar surface area (TPSA) is 37.3 Å². The maximum atomic E-state index is 12.7. The highest BCUT2D eigenvalue weighted by Gasteiger charge is 2.16. The number of carboxylic acids is 1. The zero-order chi connectivity index (χ0) is 10.6. The average molecular weight is 235 g/mol. The summed E-state index contributed by atoms with van der Waals surface area (Å²) in [5.74, 6) is -1.20. The summed E-state index contributed by atoms with van der Waals surface area (Å²) in [6.45, 7) is 0.